The van der Waals surface area contributed by atoms with Gasteiger partial charge in [-0.3, -0.25) is 4.79 Å². The van der Waals surface area contributed by atoms with Crippen LogP contribution in [-0.4, -0.2) is 41.5 Å². The minimum atomic E-state index is -0.0507. The highest BCUT2D eigenvalue weighted by molar-refractivity contribution is 6.11. The van der Waals surface area contributed by atoms with Crippen molar-refractivity contribution in [2.45, 2.75) is 38.1 Å². The number of carbonyl (C=O) groups excluding carboxylic acids is 1. The second-order valence-electron chi connectivity index (χ2n) is 7.96. The van der Waals surface area contributed by atoms with Crippen LogP contribution in [0.5, 0.6) is 0 Å². The van der Waals surface area contributed by atoms with Gasteiger partial charge in [0.1, 0.15) is 0 Å². The first-order chi connectivity index (χ1) is 13.3. The molecule has 1 aromatic carbocycles. The molecular formula is C22H26N4O. The van der Waals surface area contributed by atoms with Gasteiger partial charge in [-0.15, -0.1) is 0 Å². The van der Waals surface area contributed by atoms with Gasteiger partial charge < -0.3 is 15.1 Å². The number of hydrogen-bond donors (Lipinski definition) is 1. The molecule has 5 rings (SSSR count). The van der Waals surface area contributed by atoms with Crippen molar-refractivity contribution < 1.29 is 4.79 Å². The monoisotopic (exact) mass is 362 g/mol. The second-order valence-corrected chi connectivity index (χ2v) is 7.96. The molecule has 0 bridgehead atoms. The maximum absolute atomic E-state index is 12.8. The second kappa shape index (κ2) is 6.97. The number of pyridine rings is 1. The molecule has 1 aromatic heterocycles. The van der Waals surface area contributed by atoms with Gasteiger partial charge in [0.25, 0.3) is 5.91 Å². The Labute approximate surface area is 160 Å². The summed E-state index contributed by atoms with van der Waals surface area (Å²) in [5, 5.41) is 3.05. The summed E-state index contributed by atoms with van der Waals surface area (Å²) >= 11 is 0. The average molecular weight is 362 g/mol. The molecule has 2 saturated heterocycles. The van der Waals surface area contributed by atoms with Crippen LogP contribution in [0.4, 0.5) is 17.2 Å². The Morgan fingerprint density at radius 1 is 1.04 bits per heavy atom. The van der Waals surface area contributed by atoms with Crippen LogP contribution in [-0.2, 0) is 0 Å². The Balaban J connectivity index is 1.54. The van der Waals surface area contributed by atoms with Crippen LogP contribution >= 0.6 is 0 Å². The first-order valence-corrected chi connectivity index (χ1v) is 10.2. The summed E-state index contributed by atoms with van der Waals surface area (Å²) in [6, 6.07) is 12.4. The molecule has 27 heavy (non-hydrogen) atoms. The molecular weight excluding hydrogens is 336 g/mol. The third-order valence-electron chi connectivity index (χ3n) is 6.38. The molecule has 0 aliphatic carbocycles. The van der Waals surface area contributed by atoms with Crippen LogP contribution in [0.25, 0.3) is 0 Å². The van der Waals surface area contributed by atoms with E-state index in [4.69, 9.17) is 0 Å². The van der Waals surface area contributed by atoms with Gasteiger partial charge in [-0.1, -0.05) is 18.6 Å². The molecule has 1 N–H and O–H groups in total. The minimum Gasteiger partial charge on any atom is -0.324 e. The van der Waals surface area contributed by atoms with Gasteiger partial charge >= 0.3 is 0 Å². The van der Waals surface area contributed by atoms with Crippen LogP contribution in [0.15, 0.2) is 42.6 Å². The fourth-order valence-electron chi connectivity index (χ4n) is 5.12. The molecule has 3 aliphatic heterocycles. The number of fused-ring (bicyclic) bond motifs is 3. The first kappa shape index (κ1) is 16.8. The summed E-state index contributed by atoms with van der Waals surface area (Å²) < 4.78 is 0. The number of aromatic nitrogens is 1. The number of hydrogen-bond acceptors (Lipinski definition) is 4. The SMILES string of the molecule is O=C1Nc2cccnc2N(C[C@@H]2CCCN3CCCC[C@H]23)c2ccccc21. The van der Waals surface area contributed by atoms with Gasteiger partial charge in [0.15, 0.2) is 5.82 Å². The Kier molecular flexibility index (Phi) is 4.32. The van der Waals surface area contributed by atoms with Gasteiger partial charge in [-0.25, -0.2) is 4.98 Å². The van der Waals surface area contributed by atoms with E-state index in [-0.39, 0.29) is 5.91 Å². The molecule has 2 fully saturated rings. The van der Waals surface area contributed by atoms with Crippen molar-refractivity contribution in [1.29, 1.82) is 0 Å². The Morgan fingerprint density at radius 2 is 1.93 bits per heavy atom. The van der Waals surface area contributed by atoms with Gasteiger partial charge in [0.05, 0.1) is 16.9 Å². The van der Waals surface area contributed by atoms with E-state index in [0.717, 1.165) is 29.3 Å². The zero-order valence-electron chi connectivity index (χ0n) is 15.6. The minimum absolute atomic E-state index is 0.0507. The van der Waals surface area contributed by atoms with Crippen molar-refractivity contribution in [3.63, 3.8) is 0 Å². The van der Waals surface area contributed by atoms with Gasteiger partial charge in [0.2, 0.25) is 0 Å². The molecule has 0 saturated carbocycles. The highest BCUT2D eigenvalue weighted by Gasteiger charge is 2.36. The van der Waals surface area contributed by atoms with Crippen molar-refractivity contribution in [1.82, 2.24) is 9.88 Å². The molecule has 1 amide bonds. The highest BCUT2D eigenvalue weighted by Crippen LogP contribution is 2.39. The fourth-order valence-corrected chi connectivity index (χ4v) is 5.12. The van der Waals surface area contributed by atoms with E-state index in [1.54, 1.807) is 0 Å². The predicted octanol–water partition coefficient (Wildman–Crippen LogP) is 4.05. The van der Waals surface area contributed by atoms with Crippen molar-refractivity contribution in [2.75, 3.05) is 29.9 Å². The third-order valence-corrected chi connectivity index (χ3v) is 6.38. The van der Waals surface area contributed by atoms with Crippen LogP contribution in [0, 0.1) is 5.92 Å². The van der Waals surface area contributed by atoms with Crippen molar-refractivity contribution in [3.05, 3.63) is 48.2 Å². The van der Waals surface area contributed by atoms with Gasteiger partial charge in [-0.2, -0.15) is 0 Å². The summed E-state index contributed by atoms with van der Waals surface area (Å²) in [7, 11) is 0. The van der Waals surface area contributed by atoms with Gasteiger partial charge in [0, 0.05) is 18.8 Å². The van der Waals surface area contributed by atoms with E-state index in [2.05, 4.69) is 26.2 Å². The summed E-state index contributed by atoms with van der Waals surface area (Å²) in [6.45, 7) is 3.40. The number of carbonyl (C=O) groups is 1. The smallest absolute Gasteiger partial charge is 0.257 e. The van der Waals surface area contributed by atoms with E-state index < -0.39 is 0 Å². The maximum Gasteiger partial charge on any atom is 0.257 e. The number of piperidine rings is 2. The molecule has 0 spiro atoms. The van der Waals surface area contributed by atoms with Crippen LogP contribution in [0.1, 0.15) is 42.5 Å². The number of benzene rings is 1. The summed E-state index contributed by atoms with van der Waals surface area (Å²) in [4.78, 5) is 22.4. The van der Waals surface area contributed by atoms with E-state index in [0.29, 0.717) is 12.0 Å². The zero-order valence-corrected chi connectivity index (χ0v) is 15.6. The summed E-state index contributed by atoms with van der Waals surface area (Å²) in [5.41, 5.74) is 2.50. The molecule has 5 nitrogen and oxygen atoms in total. The average Bonchev–Trinajstić information content (AvgIpc) is 2.83. The van der Waals surface area contributed by atoms with Crippen molar-refractivity contribution in [3.8, 4) is 0 Å². The number of nitrogens with zero attached hydrogens (tertiary/aromatic N) is 3. The quantitative estimate of drug-likeness (QED) is 0.876. The normalized spacial score (nSPS) is 25.0. The molecule has 4 heterocycles. The number of para-hydroxylation sites is 1. The van der Waals surface area contributed by atoms with Crippen molar-refractivity contribution in [2.24, 2.45) is 5.92 Å². The lowest BCUT2D eigenvalue weighted by molar-refractivity contribution is 0.0631. The van der Waals surface area contributed by atoms with E-state index in [9.17, 15) is 4.79 Å². The fraction of sp³-hybridized carbons (Fsp3) is 0.455. The lowest BCUT2D eigenvalue weighted by Crippen LogP contribution is -2.50. The van der Waals surface area contributed by atoms with Crippen LogP contribution in [0.2, 0.25) is 0 Å². The van der Waals surface area contributed by atoms with Crippen molar-refractivity contribution >= 4 is 23.1 Å². The molecule has 5 heteroatoms. The molecule has 2 aromatic rings. The van der Waals surface area contributed by atoms with E-state index >= 15 is 0 Å². The zero-order chi connectivity index (χ0) is 18.2. The topological polar surface area (TPSA) is 48.5 Å². The lowest BCUT2D eigenvalue weighted by Gasteiger charge is -2.45. The van der Waals surface area contributed by atoms with Crippen LogP contribution < -0.4 is 10.2 Å². The number of amides is 1. The Morgan fingerprint density at radius 3 is 2.89 bits per heavy atom. The third kappa shape index (κ3) is 3.00. The maximum atomic E-state index is 12.8. The first-order valence-electron chi connectivity index (χ1n) is 10.2. The van der Waals surface area contributed by atoms with E-state index in [1.807, 2.05) is 36.5 Å². The number of rotatable bonds is 2. The standard InChI is InChI=1S/C22H26N4O/c27-22-17-8-1-2-11-20(17)26(21-18(24-22)9-5-12-23-21)15-16-7-6-14-25-13-4-3-10-19(16)25/h1-2,5,8-9,11-12,16,19H,3-4,6-7,10,13-15H2,(H,24,27)/t16-,19+/m0/s1. The molecule has 0 unspecified atom stereocenters. The number of anilines is 3. The van der Waals surface area contributed by atoms with E-state index in [1.165, 1.54) is 45.2 Å². The molecule has 140 valence electrons. The summed E-state index contributed by atoms with van der Waals surface area (Å²) in [6.07, 6.45) is 8.31. The largest absolute Gasteiger partial charge is 0.324 e. The predicted molar refractivity (Wildman–Crippen MR) is 108 cm³/mol. The Hall–Kier alpha value is -2.40. The highest BCUT2D eigenvalue weighted by atomic mass is 16.1. The molecule has 2 atom stereocenters. The van der Waals surface area contributed by atoms with Crippen LogP contribution in [0.3, 0.4) is 0 Å². The number of nitrogens with one attached hydrogen (secondary N) is 1. The Bertz CT molecular complexity index is 850. The molecule has 3 aliphatic rings. The molecule has 0 radical (unpaired) electrons. The van der Waals surface area contributed by atoms with Gasteiger partial charge in [-0.05, 0) is 69.0 Å². The lowest BCUT2D eigenvalue weighted by atomic mass is 9.83. The summed E-state index contributed by atoms with van der Waals surface area (Å²) in [5.74, 6) is 1.42.